The summed E-state index contributed by atoms with van der Waals surface area (Å²) < 4.78 is 61.9. The van der Waals surface area contributed by atoms with Crippen LogP contribution in [0.3, 0.4) is 0 Å². The predicted octanol–water partition coefficient (Wildman–Crippen LogP) is 5.91. The van der Waals surface area contributed by atoms with Gasteiger partial charge < -0.3 is 9.53 Å². The molecule has 0 aliphatic heterocycles. The summed E-state index contributed by atoms with van der Waals surface area (Å²) in [5, 5.41) is 30.1. The molecule has 1 N–H and O–H groups in total. The van der Waals surface area contributed by atoms with Crippen LogP contribution in [-0.4, -0.2) is 33.8 Å². The SMILES string of the molecule is CC(C)(C)[Si](C)(C)OC1CC[C@H](c2ccc(S(C)(=O)=O)c3c2C[C@](F)(C#N)[C@H]3O)c2c(C#N)cc(F)cc21. The van der Waals surface area contributed by atoms with Crippen LogP contribution in [0.1, 0.15) is 85.1 Å². The smallest absolute Gasteiger partial charge is 0.229 e. The molecule has 2 aliphatic rings. The fourth-order valence-electron chi connectivity index (χ4n) is 5.46. The number of halogens is 2. The monoisotopic (exact) mass is 558 g/mol. The lowest BCUT2D eigenvalue weighted by atomic mass is 9.74. The van der Waals surface area contributed by atoms with Crippen molar-refractivity contribution in [1.82, 2.24) is 0 Å². The molecule has 0 fully saturated rings. The third kappa shape index (κ3) is 4.58. The number of sulfone groups is 1. The van der Waals surface area contributed by atoms with E-state index in [-0.39, 0.29) is 26.6 Å². The minimum atomic E-state index is -3.84. The number of hydrogen-bond donors (Lipinski definition) is 1. The number of alkyl halides is 1. The first-order valence-corrected chi connectivity index (χ1v) is 17.3. The standard InChI is InChI=1S/C28H32F2N2O4SSi/c1-27(2,3)38(5,6)36-22-9-7-19(24-16(14-31)11-17(29)12-20(22)24)18-8-10-23(37(4,34)35)25-21(18)13-28(30,15-32)26(25)33/h8,10-12,19,22,26,33H,7,9,13H2,1-6H3/t19-,22?,26+,28+/m1/s1. The zero-order valence-electron chi connectivity index (χ0n) is 22.4. The van der Waals surface area contributed by atoms with Gasteiger partial charge in [0.1, 0.15) is 18.0 Å². The highest BCUT2D eigenvalue weighted by Gasteiger charge is 2.51. The summed E-state index contributed by atoms with van der Waals surface area (Å²) in [7, 11) is -6.12. The van der Waals surface area contributed by atoms with Gasteiger partial charge in [-0.05, 0) is 71.4 Å². The molecule has 2 aliphatic carbocycles. The highest BCUT2D eigenvalue weighted by Crippen LogP contribution is 2.52. The van der Waals surface area contributed by atoms with Gasteiger partial charge >= 0.3 is 0 Å². The van der Waals surface area contributed by atoms with E-state index < -0.39 is 54.2 Å². The van der Waals surface area contributed by atoms with Crippen LogP contribution in [0, 0.1) is 28.5 Å². The van der Waals surface area contributed by atoms with Crippen LogP contribution in [0.2, 0.25) is 18.1 Å². The minimum Gasteiger partial charge on any atom is -0.410 e. The molecule has 0 bridgehead atoms. The molecule has 0 saturated heterocycles. The lowest BCUT2D eigenvalue weighted by Gasteiger charge is -2.42. The fraction of sp³-hybridized carbons (Fsp3) is 0.500. The Morgan fingerprint density at radius 2 is 1.79 bits per heavy atom. The van der Waals surface area contributed by atoms with Crippen LogP contribution in [0.5, 0.6) is 0 Å². The quantitative estimate of drug-likeness (QED) is 0.467. The maximum atomic E-state index is 15.5. The molecule has 1 unspecified atom stereocenters. The van der Waals surface area contributed by atoms with Crippen molar-refractivity contribution in [2.45, 2.75) is 86.9 Å². The Balaban J connectivity index is 1.94. The molecule has 0 saturated carbocycles. The van der Waals surface area contributed by atoms with Crippen LogP contribution < -0.4 is 0 Å². The van der Waals surface area contributed by atoms with E-state index in [1.807, 2.05) is 0 Å². The second-order valence-electron chi connectivity index (χ2n) is 11.9. The van der Waals surface area contributed by atoms with Crippen molar-refractivity contribution < 1.29 is 26.7 Å². The molecule has 2 aromatic rings. The highest BCUT2D eigenvalue weighted by molar-refractivity contribution is 7.90. The van der Waals surface area contributed by atoms with Gasteiger partial charge in [-0.25, -0.2) is 17.2 Å². The summed E-state index contributed by atoms with van der Waals surface area (Å²) in [5.74, 6) is -1.07. The van der Waals surface area contributed by atoms with Gasteiger partial charge in [0, 0.05) is 24.2 Å². The highest BCUT2D eigenvalue weighted by atomic mass is 32.2. The van der Waals surface area contributed by atoms with Gasteiger partial charge in [-0.2, -0.15) is 10.5 Å². The topological polar surface area (TPSA) is 111 Å². The number of benzene rings is 2. The Kier molecular flexibility index (Phi) is 6.90. The molecular formula is C28H32F2N2O4SSi. The van der Waals surface area contributed by atoms with E-state index in [0.29, 0.717) is 29.5 Å². The van der Waals surface area contributed by atoms with Crippen molar-refractivity contribution >= 4 is 18.2 Å². The normalized spacial score (nSPS) is 25.3. The average molecular weight is 559 g/mol. The summed E-state index contributed by atoms with van der Waals surface area (Å²) in [5.41, 5.74) is -0.802. The van der Waals surface area contributed by atoms with Crippen LogP contribution in [0.15, 0.2) is 29.2 Å². The zero-order chi connectivity index (χ0) is 28.4. The molecule has 38 heavy (non-hydrogen) atoms. The van der Waals surface area contributed by atoms with E-state index in [2.05, 4.69) is 39.9 Å². The van der Waals surface area contributed by atoms with E-state index in [9.17, 15) is 28.4 Å². The van der Waals surface area contributed by atoms with Gasteiger partial charge in [-0.3, -0.25) is 0 Å². The largest absolute Gasteiger partial charge is 0.410 e. The Morgan fingerprint density at radius 3 is 2.34 bits per heavy atom. The van der Waals surface area contributed by atoms with Gasteiger partial charge in [0.15, 0.2) is 18.2 Å². The first kappa shape index (κ1) is 28.4. The van der Waals surface area contributed by atoms with Crippen molar-refractivity contribution in [2.24, 2.45) is 0 Å². The molecule has 6 nitrogen and oxygen atoms in total. The Morgan fingerprint density at radius 1 is 1.13 bits per heavy atom. The number of nitriles is 2. The molecule has 202 valence electrons. The second-order valence-corrected chi connectivity index (χ2v) is 18.7. The summed E-state index contributed by atoms with van der Waals surface area (Å²) in [4.78, 5) is -0.228. The summed E-state index contributed by atoms with van der Waals surface area (Å²) in [6, 6.07) is 9.04. The lowest BCUT2D eigenvalue weighted by Crippen LogP contribution is -2.42. The fourth-order valence-corrected chi connectivity index (χ4v) is 7.72. The Bertz CT molecular complexity index is 1500. The van der Waals surface area contributed by atoms with Gasteiger partial charge in [0.05, 0.1) is 22.6 Å². The van der Waals surface area contributed by atoms with E-state index in [1.165, 1.54) is 18.2 Å². The Labute approximate surface area is 223 Å². The number of fused-ring (bicyclic) bond motifs is 2. The molecule has 0 heterocycles. The van der Waals surface area contributed by atoms with E-state index in [1.54, 1.807) is 6.07 Å². The van der Waals surface area contributed by atoms with Crippen molar-refractivity contribution in [1.29, 1.82) is 10.5 Å². The van der Waals surface area contributed by atoms with Gasteiger partial charge in [0.2, 0.25) is 5.67 Å². The molecule has 4 atom stereocenters. The predicted molar refractivity (Wildman–Crippen MR) is 141 cm³/mol. The molecule has 10 heteroatoms. The third-order valence-corrected chi connectivity index (χ3v) is 14.0. The second kappa shape index (κ2) is 9.24. The van der Waals surface area contributed by atoms with Gasteiger partial charge in [0.25, 0.3) is 0 Å². The van der Waals surface area contributed by atoms with Crippen molar-refractivity contribution in [3.63, 3.8) is 0 Å². The molecular weight excluding hydrogens is 526 g/mol. The number of rotatable bonds is 4. The zero-order valence-corrected chi connectivity index (χ0v) is 24.2. The van der Waals surface area contributed by atoms with E-state index >= 15 is 4.39 Å². The van der Waals surface area contributed by atoms with Crippen molar-refractivity contribution in [3.8, 4) is 12.1 Å². The maximum Gasteiger partial charge on any atom is 0.229 e. The van der Waals surface area contributed by atoms with Crippen LogP contribution in [0.4, 0.5) is 8.78 Å². The van der Waals surface area contributed by atoms with Crippen LogP contribution in [0.25, 0.3) is 0 Å². The number of hydrogen-bond acceptors (Lipinski definition) is 6. The summed E-state index contributed by atoms with van der Waals surface area (Å²) in [6.07, 6.45) is -0.930. The van der Waals surface area contributed by atoms with Crippen molar-refractivity contribution in [2.75, 3.05) is 6.26 Å². The lowest BCUT2D eigenvalue weighted by molar-refractivity contribution is 0.0433. The molecule has 0 amide bonds. The number of aliphatic hydroxyl groups is 1. The number of nitrogens with zero attached hydrogens (tertiary/aromatic N) is 2. The van der Waals surface area contributed by atoms with E-state index in [0.717, 1.165) is 12.3 Å². The number of aliphatic hydroxyl groups excluding tert-OH is 1. The summed E-state index contributed by atoms with van der Waals surface area (Å²) >= 11 is 0. The van der Waals surface area contributed by atoms with Crippen molar-refractivity contribution in [3.05, 3.63) is 63.5 Å². The first-order valence-electron chi connectivity index (χ1n) is 12.5. The van der Waals surface area contributed by atoms with Gasteiger partial charge in [-0.1, -0.05) is 26.8 Å². The first-order chi connectivity index (χ1) is 17.4. The molecule has 2 aromatic carbocycles. The molecule has 4 rings (SSSR count). The molecule has 0 spiro atoms. The molecule has 0 aromatic heterocycles. The summed E-state index contributed by atoms with van der Waals surface area (Å²) in [6.45, 7) is 10.5. The van der Waals surface area contributed by atoms with Crippen LogP contribution in [-0.2, 0) is 20.7 Å². The van der Waals surface area contributed by atoms with E-state index in [4.69, 9.17) is 4.43 Å². The minimum absolute atomic E-state index is 0.102. The maximum absolute atomic E-state index is 15.5. The van der Waals surface area contributed by atoms with Gasteiger partial charge in [-0.15, -0.1) is 0 Å². The Hall–Kier alpha value is -2.63. The molecule has 0 radical (unpaired) electrons. The third-order valence-electron chi connectivity index (χ3n) is 8.41. The van der Waals surface area contributed by atoms with Crippen LogP contribution >= 0.6 is 0 Å². The average Bonchev–Trinajstić information content (AvgIpc) is 3.08.